The Morgan fingerprint density at radius 1 is 1.43 bits per heavy atom. The summed E-state index contributed by atoms with van der Waals surface area (Å²) in [6, 6.07) is 5.43. The Balaban J connectivity index is 2.79. The van der Waals surface area contributed by atoms with Crippen molar-refractivity contribution in [2.45, 2.75) is 19.9 Å². The molecule has 0 aliphatic rings. The van der Waals surface area contributed by atoms with Gasteiger partial charge >= 0.3 is 0 Å². The first-order valence-corrected chi connectivity index (χ1v) is 8.35. The molecular formula is C14H22N2O4S. The molecule has 0 saturated heterocycles. The molecule has 1 rings (SSSR count). The fourth-order valence-electron chi connectivity index (χ4n) is 1.88. The molecule has 0 heterocycles. The fraction of sp³-hybridized carbons (Fsp3) is 0.500. The second kappa shape index (κ2) is 6.91. The number of ether oxygens (including phenoxy) is 1. The van der Waals surface area contributed by atoms with Gasteiger partial charge in [0.25, 0.3) is 0 Å². The molecule has 1 atom stereocenters. The van der Waals surface area contributed by atoms with Gasteiger partial charge in [0.05, 0.1) is 26.0 Å². The van der Waals surface area contributed by atoms with Crippen molar-refractivity contribution in [2.24, 2.45) is 0 Å². The van der Waals surface area contributed by atoms with Crippen LogP contribution in [0.4, 0.5) is 0 Å². The molecule has 1 amide bonds. The maximum Gasteiger partial charge on any atom is 0.235 e. The Labute approximate surface area is 126 Å². The first-order valence-electron chi connectivity index (χ1n) is 6.50. The second-order valence-electron chi connectivity index (χ2n) is 5.05. The number of hydrogen-bond donors (Lipinski definition) is 1. The fourth-order valence-corrected chi connectivity index (χ4v) is 2.23. The summed E-state index contributed by atoms with van der Waals surface area (Å²) in [6.45, 7) is 3.57. The summed E-state index contributed by atoms with van der Waals surface area (Å²) in [5.41, 5.74) is 1.91. The highest BCUT2D eigenvalue weighted by molar-refractivity contribution is 7.88. The maximum atomic E-state index is 11.9. The SMILES string of the molecule is COc1ccc(C)cc1[C@@H](C)NC(=O)CN(C)S(C)(=O)=O. The van der Waals surface area contributed by atoms with Gasteiger partial charge in [0.1, 0.15) is 5.75 Å². The first kappa shape index (κ1) is 17.5. The summed E-state index contributed by atoms with van der Waals surface area (Å²) in [4.78, 5) is 11.9. The van der Waals surface area contributed by atoms with Gasteiger partial charge < -0.3 is 10.1 Å². The summed E-state index contributed by atoms with van der Waals surface area (Å²) < 4.78 is 28.9. The van der Waals surface area contributed by atoms with Crippen LogP contribution in [-0.2, 0) is 14.8 Å². The molecule has 0 spiro atoms. The van der Waals surface area contributed by atoms with E-state index in [0.717, 1.165) is 21.7 Å². The van der Waals surface area contributed by atoms with Crippen LogP contribution in [0, 0.1) is 6.92 Å². The zero-order chi connectivity index (χ0) is 16.2. The molecule has 1 N–H and O–H groups in total. The molecule has 1 aromatic carbocycles. The van der Waals surface area contributed by atoms with E-state index >= 15 is 0 Å². The van der Waals surface area contributed by atoms with E-state index in [-0.39, 0.29) is 18.5 Å². The smallest absolute Gasteiger partial charge is 0.235 e. The third-order valence-corrected chi connectivity index (χ3v) is 4.42. The van der Waals surface area contributed by atoms with Crippen molar-refractivity contribution in [3.63, 3.8) is 0 Å². The van der Waals surface area contributed by atoms with Crippen LogP contribution in [0.5, 0.6) is 5.75 Å². The number of amides is 1. The summed E-state index contributed by atoms with van der Waals surface area (Å²) in [6.07, 6.45) is 1.06. The Bertz CT molecular complexity index is 613. The predicted octanol–water partition coefficient (Wildman–Crippen LogP) is 1.07. The minimum Gasteiger partial charge on any atom is -0.496 e. The minimum atomic E-state index is -3.37. The van der Waals surface area contributed by atoms with Gasteiger partial charge in [0.15, 0.2) is 0 Å². The number of methoxy groups -OCH3 is 1. The number of rotatable bonds is 6. The quantitative estimate of drug-likeness (QED) is 0.852. The zero-order valence-electron chi connectivity index (χ0n) is 13.0. The van der Waals surface area contributed by atoms with Gasteiger partial charge in [-0.1, -0.05) is 17.7 Å². The topological polar surface area (TPSA) is 75.7 Å². The van der Waals surface area contributed by atoms with Crippen molar-refractivity contribution in [3.05, 3.63) is 29.3 Å². The van der Waals surface area contributed by atoms with Crippen LogP contribution in [0.2, 0.25) is 0 Å². The molecule has 0 saturated carbocycles. The number of carbonyl (C=O) groups is 1. The number of nitrogens with zero attached hydrogens (tertiary/aromatic N) is 1. The lowest BCUT2D eigenvalue weighted by atomic mass is 10.0. The average molecular weight is 314 g/mol. The molecule has 21 heavy (non-hydrogen) atoms. The van der Waals surface area contributed by atoms with E-state index in [9.17, 15) is 13.2 Å². The number of benzene rings is 1. The maximum absolute atomic E-state index is 11.9. The first-order chi connectivity index (χ1) is 9.65. The molecule has 1 aromatic rings. The normalized spacial score (nSPS) is 13.0. The van der Waals surface area contributed by atoms with Crippen LogP contribution in [0.3, 0.4) is 0 Å². The highest BCUT2D eigenvalue weighted by atomic mass is 32.2. The van der Waals surface area contributed by atoms with Crippen LogP contribution >= 0.6 is 0 Å². The molecule has 0 fully saturated rings. The second-order valence-corrected chi connectivity index (χ2v) is 7.14. The molecule has 0 radical (unpaired) electrons. The van der Waals surface area contributed by atoms with E-state index in [1.807, 2.05) is 32.0 Å². The van der Waals surface area contributed by atoms with Crippen molar-refractivity contribution in [1.29, 1.82) is 0 Å². The number of likely N-dealkylation sites (N-methyl/N-ethyl adjacent to an activating group) is 1. The molecule has 7 heteroatoms. The minimum absolute atomic E-state index is 0.211. The molecule has 0 bridgehead atoms. The molecule has 6 nitrogen and oxygen atoms in total. The summed E-state index contributed by atoms with van der Waals surface area (Å²) in [5, 5.41) is 2.78. The Kier molecular flexibility index (Phi) is 5.74. The highest BCUT2D eigenvalue weighted by Crippen LogP contribution is 2.25. The van der Waals surface area contributed by atoms with Gasteiger partial charge in [-0.25, -0.2) is 8.42 Å². The van der Waals surface area contributed by atoms with Crippen LogP contribution in [0.15, 0.2) is 18.2 Å². The van der Waals surface area contributed by atoms with Crippen molar-refractivity contribution in [1.82, 2.24) is 9.62 Å². The number of sulfonamides is 1. The van der Waals surface area contributed by atoms with Gasteiger partial charge in [-0.3, -0.25) is 4.79 Å². The van der Waals surface area contributed by atoms with Crippen LogP contribution in [-0.4, -0.2) is 45.6 Å². The molecule has 118 valence electrons. The van der Waals surface area contributed by atoms with Crippen molar-refractivity contribution < 1.29 is 17.9 Å². The number of nitrogens with one attached hydrogen (secondary N) is 1. The Hall–Kier alpha value is -1.60. The molecular weight excluding hydrogens is 292 g/mol. The van der Waals surface area contributed by atoms with Gasteiger partial charge in [-0.15, -0.1) is 0 Å². The van der Waals surface area contributed by atoms with Gasteiger partial charge in [0, 0.05) is 12.6 Å². The van der Waals surface area contributed by atoms with Crippen molar-refractivity contribution in [2.75, 3.05) is 27.0 Å². The van der Waals surface area contributed by atoms with Crippen molar-refractivity contribution >= 4 is 15.9 Å². The number of aryl methyl sites for hydroxylation is 1. The van der Waals surface area contributed by atoms with E-state index in [1.165, 1.54) is 7.05 Å². The summed E-state index contributed by atoms with van der Waals surface area (Å²) >= 11 is 0. The van der Waals surface area contributed by atoms with E-state index in [4.69, 9.17) is 4.74 Å². The van der Waals surface area contributed by atoms with Gasteiger partial charge in [-0.2, -0.15) is 4.31 Å². The van der Waals surface area contributed by atoms with E-state index in [0.29, 0.717) is 5.75 Å². The Morgan fingerprint density at radius 3 is 2.57 bits per heavy atom. The third kappa shape index (κ3) is 5.02. The molecule has 0 unspecified atom stereocenters. The molecule has 0 aromatic heterocycles. The lowest BCUT2D eigenvalue weighted by Gasteiger charge is -2.20. The predicted molar refractivity (Wildman–Crippen MR) is 81.8 cm³/mol. The Morgan fingerprint density at radius 2 is 2.05 bits per heavy atom. The molecule has 0 aliphatic heterocycles. The summed E-state index contributed by atoms with van der Waals surface area (Å²) in [7, 11) is -0.433. The summed E-state index contributed by atoms with van der Waals surface area (Å²) in [5.74, 6) is 0.323. The van der Waals surface area contributed by atoms with E-state index in [2.05, 4.69) is 5.32 Å². The van der Waals surface area contributed by atoms with Crippen molar-refractivity contribution in [3.8, 4) is 5.75 Å². The standard InChI is InChI=1S/C14H22N2O4S/c1-10-6-7-13(20-4)12(8-10)11(2)15-14(17)9-16(3)21(5,18)19/h6-8,11H,9H2,1-5H3,(H,15,17)/t11-/m1/s1. The third-order valence-electron chi connectivity index (χ3n) is 3.16. The highest BCUT2D eigenvalue weighted by Gasteiger charge is 2.18. The average Bonchev–Trinajstić information content (AvgIpc) is 2.37. The van der Waals surface area contributed by atoms with Crippen LogP contribution < -0.4 is 10.1 Å². The van der Waals surface area contributed by atoms with E-state index < -0.39 is 10.0 Å². The largest absolute Gasteiger partial charge is 0.496 e. The van der Waals surface area contributed by atoms with Crippen LogP contribution in [0.1, 0.15) is 24.1 Å². The zero-order valence-corrected chi connectivity index (χ0v) is 13.8. The van der Waals surface area contributed by atoms with Gasteiger partial charge in [-0.05, 0) is 19.9 Å². The number of carbonyl (C=O) groups excluding carboxylic acids is 1. The lowest BCUT2D eigenvalue weighted by Crippen LogP contribution is -2.38. The monoisotopic (exact) mass is 314 g/mol. The van der Waals surface area contributed by atoms with E-state index in [1.54, 1.807) is 7.11 Å². The molecule has 0 aliphatic carbocycles. The van der Waals surface area contributed by atoms with Crippen LogP contribution in [0.25, 0.3) is 0 Å². The lowest BCUT2D eigenvalue weighted by molar-refractivity contribution is -0.121. The van der Waals surface area contributed by atoms with Gasteiger partial charge in [0.2, 0.25) is 15.9 Å². The number of hydrogen-bond acceptors (Lipinski definition) is 4.